The smallest absolute Gasteiger partial charge is 0.101 e. The molecule has 0 amide bonds. The minimum Gasteiger partial charge on any atom is -0.236 e. The van der Waals surface area contributed by atoms with Gasteiger partial charge in [0.25, 0.3) is 0 Å². The molecule has 194 valence electrons. The van der Waals surface area contributed by atoms with Crippen molar-refractivity contribution in [2.45, 2.75) is 156 Å². The van der Waals surface area contributed by atoms with Crippen molar-refractivity contribution in [1.82, 2.24) is 0 Å². The predicted octanol–water partition coefficient (Wildman–Crippen LogP) is 9.21. The van der Waals surface area contributed by atoms with E-state index in [1.54, 1.807) is 0 Å². The van der Waals surface area contributed by atoms with Crippen LogP contribution < -0.4 is 0 Å². The van der Waals surface area contributed by atoms with Crippen molar-refractivity contribution in [2.75, 3.05) is 13.2 Å². The van der Waals surface area contributed by atoms with Crippen molar-refractivity contribution in [3.05, 3.63) is 0 Å². The second-order valence-corrected chi connectivity index (χ2v) is 11.3. The summed E-state index contributed by atoms with van der Waals surface area (Å²) in [4.78, 5) is 23.4. The zero-order valence-electron chi connectivity index (χ0n) is 23.1. The lowest BCUT2D eigenvalue weighted by Crippen LogP contribution is -2.36. The third kappa shape index (κ3) is 18.3. The van der Waals surface area contributed by atoms with Gasteiger partial charge < -0.3 is 0 Å². The molecule has 4 nitrogen and oxygen atoms in total. The van der Waals surface area contributed by atoms with Gasteiger partial charge in [-0.3, -0.25) is 0 Å². The molecule has 0 bridgehead atoms. The monoisotopic (exact) mass is 458 g/mol. The lowest BCUT2D eigenvalue weighted by Gasteiger charge is -2.34. The van der Waals surface area contributed by atoms with Gasteiger partial charge in [-0.15, -0.1) is 0 Å². The van der Waals surface area contributed by atoms with Gasteiger partial charge in [0.2, 0.25) is 0 Å². The Kier molecular flexibility index (Phi) is 19.1. The van der Waals surface area contributed by atoms with Crippen LogP contribution in [0.5, 0.6) is 0 Å². The van der Waals surface area contributed by atoms with E-state index >= 15 is 0 Å². The van der Waals surface area contributed by atoms with Crippen LogP contribution in [-0.4, -0.2) is 24.4 Å². The average Bonchev–Trinajstić information content (AvgIpc) is 2.72. The molecule has 4 heteroatoms. The van der Waals surface area contributed by atoms with Crippen molar-refractivity contribution in [3.8, 4) is 0 Å². The highest BCUT2D eigenvalue weighted by molar-refractivity contribution is 4.82. The van der Waals surface area contributed by atoms with Crippen LogP contribution in [0.2, 0.25) is 0 Å². The van der Waals surface area contributed by atoms with Crippen LogP contribution in [0.4, 0.5) is 0 Å². The molecular formula is C28H58O4. The fraction of sp³-hybridized carbons (Fsp3) is 1.00. The van der Waals surface area contributed by atoms with Crippen LogP contribution in [-0.2, 0) is 19.6 Å². The standard InChI is InChI=1S/C28H58O4/c1-9-11-13-15-17-19-27(7,31-29-23-25(3)4)21-22-28(8,32-30-24-26(5)6)20-18-16-14-12-10-2/h25-26H,9-24H2,1-8H3. The molecule has 0 rings (SSSR count). The number of hydrogen-bond donors (Lipinski definition) is 0. The highest BCUT2D eigenvalue weighted by Crippen LogP contribution is 2.33. The third-order valence-electron chi connectivity index (χ3n) is 6.12. The molecular weight excluding hydrogens is 400 g/mol. The molecule has 0 saturated heterocycles. The van der Waals surface area contributed by atoms with E-state index in [0.29, 0.717) is 25.0 Å². The summed E-state index contributed by atoms with van der Waals surface area (Å²) in [5.74, 6) is 0.926. The third-order valence-corrected chi connectivity index (χ3v) is 6.12. The second kappa shape index (κ2) is 19.2. The Morgan fingerprint density at radius 3 is 1.16 bits per heavy atom. The Morgan fingerprint density at radius 1 is 0.500 bits per heavy atom. The lowest BCUT2D eigenvalue weighted by molar-refractivity contribution is -0.379. The maximum atomic E-state index is 6.05. The predicted molar refractivity (Wildman–Crippen MR) is 137 cm³/mol. The van der Waals surface area contributed by atoms with Crippen molar-refractivity contribution in [1.29, 1.82) is 0 Å². The highest BCUT2D eigenvalue weighted by Gasteiger charge is 2.33. The molecule has 0 spiro atoms. The Balaban J connectivity index is 4.91. The SMILES string of the molecule is CCCCCCCC(C)(CCC(C)(CCCCCCC)OOCC(C)C)OOCC(C)C. The molecule has 0 aliphatic heterocycles. The maximum Gasteiger partial charge on any atom is 0.101 e. The fourth-order valence-electron chi connectivity index (χ4n) is 3.78. The lowest BCUT2D eigenvalue weighted by atomic mass is 9.85. The Bertz CT molecular complexity index is 374. The number of rotatable bonds is 23. The summed E-state index contributed by atoms with van der Waals surface area (Å²) in [6.07, 6.45) is 16.6. The first-order valence-corrected chi connectivity index (χ1v) is 13.8. The maximum absolute atomic E-state index is 6.05. The quantitative estimate of drug-likeness (QED) is 0.0868. The normalized spacial score (nSPS) is 15.9. The van der Waals surface area contributed by atoms with E-state index in [1.807, 2.05) is 0 Å². The first-order chi connectivity index (χ1) is 15.2. The zero-order chi connectivity index (χ0) is 24.3. The highest BCUT2D eigenvalue weighted by atomic mass is 17.2. The van der Waals surface area contributed by atoms with Crippen LogP contribution in [0, 0.1) is 11.8 Å². The van der Waals surface area contributed by atoms with Gasteiger partial charge in [-0.05, 0) is 51.4 Å². The van der Waals surface area contributed by atoms with Gasteiger partial charge in [-0.1, -0.05) is 106 Å². The Morgan fingerprint density at radius 2 is 0.844 bits per heavy atom. The van der Waals surface area contributed by atoms with Crippen LogP contribution in [0.3, 0.4) is 0 Å². The van der Waals surface area contributed by atoms with E-state index in [0.717, 1.165) is 25.7 Å². The minimum atomic E-state index is -0.286. The first-order valence-electron chi connectivity index (χ1n) is 13.8. The Hall–Kier alpha value is -0.160. The van der Waals surface area contributed by atoms with Gasteiger partial charge in [-0.25, -0.2) is 19.6 Å². The summed E-state index contributed by atoms with van der Waals surface area (Å²) < 4.78 is 0. The summed E-state index contributed by atoms with van der Waals surface area (Å²) in [6.45, 7) is 18.8. The summed E-state index contributed by atoms with van der Waals surface area (Å²) in [5, 5.41) is 0. The van der Waals surface area contributed by atoms with E-state index in [-0.39, 0.29) is 11.2 Å². The van der Waals surface area contributed by atoms with Gasteiger partial charge in [0.15, 0.2) is 0 Å². The van der Waals surface area contributed by atoms with Crippen LogP contribution in [0.25, 0.3) is 0 Å². The molecule has 0 N–H and O–H groups in total. The first kappa shape index (κ1) is 31.8. The summed E-state index contributed by atoms with van der Waals surface area (Å²) in [7, 11) is 0. The molecule has 0 aromatic carbocycles. The van der Waals surface area contributed by atoms with Gasteiger partial charge in [0, 0.05) is 0 Å². The molecule has 32 heavy (non-hydrogen) atoms. The molecule has 0 radical (unpaired) electrons. The topological polar surface area (TPSA) is 36.9 Å². The second-order valence-electron chi connectivity index (χ2n) is 11.3. The minimum absolute atomic E-state index is 0.286. The van der Waals surface area contributed by atoms with Crippen LogP contribution in [0.15, 0.2) is 0 Å². The van der Waals surface area contributed by atoms with E-state index in [4.69, 9.17) is 19.6 Å². The molecule has 2 atom stereocenters. The van der Waals surface area contributed by atoms with Gasteiger partial charge >= 0.3 is 0 Å². The summed E-state index contributed by atoms with van der Waals surface area (Å²) in [6, 6.07) is 0. The van der Waals surface area contributed by atoms with Crippen LogP contribution in [0.1, 0.15) is 145 Å². The van der Waals surface area contributed by atoms with Crippen molar-refractivity contribution < 1.29 is 19.6 Å². The average molecular weight is 459 g/mol. The molecule has 0 fully saturated rings. The fourth-order valence-corrected chi connectivity index (χ4v) is 3.78. The molecule has 2 unspecified atom stereocenters. The summed E-state index contributed by atoms with van der Waals surface area (Å²) in [5.41, 5.74) is -0.571. The number of unbranched alkanes of at least 4 members (excludes halogenated alkanes) is 8. The molecule has 0 aliphatic rings. The van der Waals surface area contributed by atoms with Crippen molar-refractivity contribution in [3.63, 3.8) is 0 Å². The summed E-state index contributed by atoms with van der Waals surface area (Å²) >= 11 is 0. The zero-order valence-corrected chi connectivity index (χ0v) is 23.1. The van der Waals surface area contributed by atoms with Gasteiger partial charge in [0.1, 0.15) is 11.2 Å². The Labute approximate surface area is 201 Å². The van der Waals surface area contributed by atoms with Crippen LogP contribution >= 0.6 is 0 Å². The van der Waals surface area contributed by atoms with E-state index in [2.05, 4.69) is 55.4 Å². The van der Waals surface area contributed by atoms with Crippen molar-refractivity contribution in [2.24, 2.45) is 11.8 Å². The molecule has 0 aliphatic carbocycles. The van der Waals surface area contributed by atoms with E-state index in [1.165, 1.54) is 64.2 Å². The van der Waals surface area contributed by atoms with Gasteiger partial charge in [-0.2, -0.15) is 0 Å². The van der Waals surface area contributed by atoms with E-state index < -0.39 is 0 Å². The molecule has 0 aromatic heterocycles. The molecule has 0 heterocycles. The molecule has 0 saturated carbocycles. The molecule has 0 aromatic rings. The van der Waals surface area contributed by atoms with Crippen molar-refractivity contribution >= 4 is 0 Å². The van der Waals surface area contributed by atoms with Gasteiger partial charge in [0.05, 0.1) is 13.2 Å². The largest absolute Gasteiger partial charge is 0.236 e. The van der Waals surface area contributed by atoms with E-state index in [9.17, 15) is 0 Å². The number of hydrogen-bond acceptors (Lipinski definition) is 4.